The summed E-state index contributed by atoms with van der Waals surface area (Å²) in [5, 5.41) is 19.3. The summed E-state index contributed by atoms with van der Waals surface area (Å²) in [5.41, 5.74) is 6.14. The van der Waals surface area contributed by atoms with Crippen molar-refractivity contribution in [3.63, 3.8) is 0 Å². The van der Waals surface area contributed by atoms with E-state index in [9.17, 15) is 43.5 Å². The molecule has 0 aromatic heterocycles. The molecule has 1 aliphatic rings. The van der Waals surface area contributed by atoms with Crippen LogP contribution in [-0.2, 0) is 44.9 Å². The van der Waals surface area contributed by atoms with Gasteiger partial charge < -0.3 is 36.8 Å². The molecule has 0 saturated carbocycles. The van der Waals surface area contributed by atoms with Gasteiger partial charge >= 0.3 is 18.0 Å². The lowest BCUT2D eigenvalue weighted by Gasteiger charge is -2.23. The van der Waals surface area contributed by atoms with E-state index in [1.54, 1.807) is 38.1 Å². The van der Waals surface area contributed by atoms with Crippen molar-refractivity contribution < 1.29 is 48.2 Å². The number of urea groups is 1. The van der Waals surface area contributed by atoms with Crippen LogP contribution < -0.4 is 27.0 Å². The predicted octanol–water partition coefficient (Wildman–Crippen LogP) is 0.703. The molecule has 7 N–H and O–H groups in total. The smallest absolute Gasteiger partial charge is 0.312 e. The number of hydrogen-bond acceptors (Lipinski definition) is 9. The Bertz CT molecular complexity index is 1330. The van der Waals surface area contributed by atoms with Crippen molar-refractivity contribution in [3.05, 3.63) is 42.0 Å². The number of carboxylic acids is 1. The highest BCUT2D eigenvalue weighted by Gasteiger charge is 2.29. The standard InChI is InChI=1S/C31H42N6O10/c1-19(2)30(45)47-18-20-9-11-21(12-10-20)34-28(43)22(7-6-15-33-31(32)46)36-29(44)23(17-27(41)42)35-24(38)8-4-3-5-16-37-25(39)13-14-26(37)40/h9-14,19,22-23H,3-8,15-18H2,1-2H3,(H,34,43)(H,35,38)(H,36,44)(H,41,42)(H3,32,33,46)/t22-,23?/m0/s1. The van der Waals surface area contributed by atoms with Gasteiger partial charge in [0.1, 0.15) is 18.7 Å². The number of carbonyl (C=O) groups is 8. The zero-order valence-corrected chi connectivity index (χ0v) is 26.4. The van der Waals surface area contributed by atoms with Crippen molar-refractivity contribution in [1.82, 2.24) is 20.9 Å². The van der Waals surface area contributed by atoms with E-state index in [0.717, 1.165) is 4.90 Å². The number of rotatable bonds is 20. The van der Waals surface area contributed by atoms with E-state index in [-0.39, 0.29) is 50.8 Å². The van der Waals surface area contributed by atoms with Crippen LogP contribution in [0, 0.1) is 5.92 Å². The summed E-state index contributed by atoms with van der Waals surface area (Å²) in [5.74, 6) is -4.91. The van der Waals surface area contributed by atoms with Crippen LogP contribution >= 0.6 is 0 Å². The summed E-state index contributed by atoms with van der Waals surface area (Å²) >= 11 is 0. The van der Waals surface area contributed by atoms with Crippen LogP contribution in [-0.4, -0.2) is 82.7 Å². The quantitative estimate of drug-likeness (QED) is 0.0651. The molecule has 16 heteroatoms. The van der Waals surface area contributed by atoms with Crippen LogP contribution in [0.4, 0.5) is 10.5 Å². The molecule has 1 unspecified atom stereocenters. The van der Waals surface area contributed by atoms with E-state index in [0.29, 0.717) is 30.5 Å². The molecular weight excluding hydrogens is 616 g/mol. The number of nitrogens with zero attached hydrogens (tertiary/aromatic N) is 1. The van der Waals surface area contributed by atoms with Gasteiger partial charge in [-0.3, -0.25) is 38.5 Å². The molecule has 2 atom stereocenters. The predicted molar refractivity (Wildman–Crippen MR) is 167 cm³/mol. The van der Waals surface area contributed by atoms with E-state index < -0.39 is 60.0 Å². The summed E-state index contributed by atoms with van der Waals surface area (Å²) in [6.45, 7) is 3.78. The number of unbranched alkanes of at least 4 members (excludes halogenated alkanes) is 2. The molecule has 2 rings (SSSR count). The normalized spacial score (nSPS) is 13.6. The average Bonchev–Trinajstić information content (AvgIpc) is 3.33. The van der Waals surface area contributed by atoms with Gasteiger partial charge in [0.2, 0.25) is 17.7 Å². The number of imide groups is 1. The number of nitrogens with two attached hydrogens (primary N) is 1. The first-order valence-corrected chi connectivity index (χ1v) is 15.2. The number of carbonyl (C=O) groups excluding carboxylic acids is 7. The molecule has 0 saturated heterocycles. The minimum atomic E-state index is -1.49. The van der Waals surface area contributed by atoms with Crippen LogP contribution in [0.2, 0.25) is 0 Å². The number of esters is 1. The lowest BCUT2D eigenvalue weighted by atomic mass is 10.1. The summed E-state index contributed by atoms with van der Waals surface area (Å²) in [7, 11) is 0. The van der Waals surface area contributed by atoms with Crippen molar-refractivity contribution in [2.75, 3.05) is 18.4 Å². The Morgan fingerprint density at radius 3 is 2.13 bits per heavy atom. The Morgan fingerprint density at radius 2 is 1.53 bits per heavy atom. The van der Waals surface area contributed by atoms with E-state index in [4.69, 9.17) is 10.5 Å². The second kappa shape index (κ2) is 19.3. The SMILES string of the molecule is CC(C)C(=O)OCc1ccc(NC(=O)[C@H](CCCNC(N)=O)NC(=O)C(CC(=O)O)NC(=O)CCCCCN2C(=O)C=CC2=O)cc1. The van der Waals surface area contributed by atoms with E-state index in [1.165, 1.54) is 12.2 Å². The molecule has 0 aliphatic carbocycles. The molecule has 7 amide bonds. The number of ether oxygens (including phenoxy) is 1. The first-order valence-electron chi connectivity index (χ1n) is 15.2. The Balaban J connectivity index is 1.98. The lowest BCUT2D eigenvalue weighted by molar-refractivity contribution is -0.148. The second-order valence-corrected chi connectivity index (χ2v) is 11.1. The summed E-state index contributed by atoms with van der Waals surface area (Å²) < 4.78 is 5.19. The van der Waals surface area contributed by atoms with Crippen LogP contribution in [0.15, 0.2) is 36.4 Å². The van der Waals surface area contributed by atoms with Crippen molar-refractivity contribution in [2.24, 2.45) is 11.7 Å². The Morgan fingerprint density at radius 1 is 0.872 bits per heavy atom. The van der Waals surface area contributed by atoms with Crippen molar-refractivity contribution in [3.8, 4) is 0 Å². The number of amides is 7. The fourth-order valence-electron chi connectivity index (χ4n) is 4.33. The largest absolute Gasteiger partial charge is 0.481 e. The van der Waals surface area contributed by atoms with Gasteiger partial charge in [-0.25, -0.2) is 4.79 Å². The van der Waals surface area contributed by atoms with Gasteiger partial charge in [-0.1, -0.05) is 32.4 Å². The summed E-state index contributed by atoms with van der Waals surface area (Å²) in [6, 6.07) is 3.02. The van der Waals surface area contributed by atoms with Gasteiger partial charge in [0.15, 0.2) is 0 Å². The third kappa shape index (κ3) is 14.1. The maximum atomic E-state index is 13.2. The van der Waals surface area contributed by atoms with Gasteiger partial charge in [-0.15, -0.1) is 0 Å². The first kappa shape index (κ1) is 37.9. The number of hydrogen-bond donors (Lipinski definition) is 6. The molecule has 0 bridgehead atoms. The highest BCUT2D eigenvalue weighted by molar-refractivity contribution is 6.12. The molecule has 0 radical (unpaired) electrons. The molecule has 1 heterocycles. The zero-order valence-electron chi connectivity index (χ0n) is 26.4. The van der Waals surface area contributed by atoms with Crippen LogP contribution in [0.5, 0.6) is 0 Å². The van der Waals surface area contributed by atoms with Crippen molar-refractivity contribution in [2.45, 2.75) is 77.5 Å². The molecule has 16 nitrogen and oxygen atoms in total. The molecular formula is C31H42N6O10. The second-order valence-electron chi connectivity index (χ2n) is 11.1. The number of carboxylic acid groups (broad SMARTS) is 1. The highest BCUT2D eigenvalue weighted by atomic mass is 16.5. The summed E-state index contributed by atoms with van der Waals surface area (Å²) in [6.07, 6.45) is 3.14. The fraction of sp³-hybridized carbons (Fsp3) is 0.484. The molecule has 0 spiro atoms. The lowest BCUT2D eigenvalue weighted by Crippen LogP contribution is -2.53. The van der Waals surface area contributed by atoms with Gasteiger partial charge in [0.05, 0.1) is 12.3 Å². The molecule has 1 aromatic rings. The average molecular weight is 659 g/mol. The van der Waals surface area contributed by atoms with Crippen LogP contribution in [0.25, 0.3) is 0 Å². The number of anilines is 1. The third-order valence-electron chi connectivity index (χ3n) is 6.89. The highest BCUT2D eigenvalue weighted by Crippen LogP contribution is 2.13. The van der Waals surface area contributed by atoms with E-state index >= 15 is 0 Å². The first-order chi connectivity index (χ1) is 22.3. The fourth-order valence-corrected chi connectivity index (χ4v) is 4.33. The Kier molecular flexibility index (Phi) is 15.6. The van der Waals surface area contributed by atoms with Gasteiger partial charge in [-0.05, 0) is 43.4 Å². The van der Waals surface area contributed by atoms with Gasteiger partial charge in [-0.2, -0.15) is 0 Å². The zero-order chi connectivity index (χ0) is 34.9. The van der Waals surface area contributed by atoms with Crippen molar-refractivity contribution in [1.29, 1.82) is 0 Å². The maximum Gasteiger partial charge on any atom is 0.312 e. The van der Waals surface area contributed by atoms with Gasteiger partial charge in [0.25, 0.3) is 11.8 Å². The number of nitrogens with one attached hydrogen (secondary N) is 4. The summed E-state index contributed by atoms with van der Waals surface area (Å²) in [4.78, 5) is 97.5. The number of benzene rings is 1. The Hall–Kier alpha value is -5.28. The minimum Gasteiger partial charge on any atom is -0.481 e. The Labute approximate surface area is 271 Å². The topological polar surface area (TPSA) is 243 Å². The van der Waals surface area contributed by atoms with Crippen LogP contribution in [0.1, 0.15) is 64.4 Å². The maximum absolute atomic E-state index is 13.2. The number of aliphatic carboxylic acids is 1. The molecule has 0 fully saturated rings. The number of primary amides is 1. The van der Waals surface area contributed by atoms with Gasteiger partial charge in [0, 0.05) is 37.3 Å². The third-order valence-corrected chi connectivity index (χ3v) is 6.89. The molecule has 47 heavy (non-hydrogen) atoms. The van der Waals surface area contributed by atoms with E-state index in [2.05, 4.69) is 21.3 Å². The van der Waals surface area contributed by atoms with Crippen LogP contribution in [0.3, 0.4) is 0 Å². The van der Waals surface area contributed by atoms with E-state index in [1.807, 2.05) is 0 Å². The van der Waals surface area contributed by atoms with Crippen molar-refractivity contribution >= 4 is 53.2 Å². The molecule has 256 valence electrons. The molecule has 1 aromatic carbocycles. The molecule has 1 aliphatic heterocycles. The minimum absolute atomic E-state index is 0.0341. The monoisotopic (exact) mass is 658 g/mol.